The second-order valence-electron chi connectivity index (χ2n) is 6.53. The summed E-state index contributed by atoms with van der Waals surface area (Å²) in [5.41, 5.74) is 2.30. The minimum Gasteiger partial charge on any atom is -0.479 e. The number of amides is 2. The molecule has 1 aliphatic heterocycles. The standard InChI is InChI=1S/C18H21N3O3S/c1-9(2)7-15(22)20-18-21-16(11(4)25-18)12-5-6-14-13(8-12)19-17(23)10(3)24-14/h5-6,8-10H,7H2,1-4H3,(H,19,23)(H,20,21,22). The maximum Gasteiger partial charge on any atom is 0.265 e. The van der Waals surface area contributed by atoms with Gasteiger partial charge in [0.25, 0.3) is 5.91 Å². The molecule has 1 unspecified atom stereocenters. The maximum absolute atomic E-state index is 11.9. The van der Waals surface area contributed by atoms with Crippen molar-refractivity contribution in [2.24, 2.45) is 5.92 Å². The van der Waals surface area contributed by atoms with E-state index < -0.39 is 6.10 Å². The van der Waals surface area contributed by atoms with Gasteiger partial charge in [-0.2, -0.15) is 0 Å². The normalized spacial score (nSPS) is 16.2. The summed E-state index contributed by atoms with van der Waals surface area (Å²) < 4.78 is 5.57. The molecule has 2 aromatic rings. The molecule has 0 bridgehead atoms. The number of thiazole rings is 1. The second kappa shape index (κ2) is 6.84. The van der Waals surface area contributed by atoms with Crippen molar-refractivity contribution in [2.45, 2.75) is 40.2 Å². The van der Waals surface area contributed by atoms with E-state index in [-0.39, 0.29) is 11.8 Å². The van der Waals surface area contributed by atoms with Crippen LogP contribution in [0.25, 0.3) is 11.3 Å². The van der Waals surface area contributed by atoms with Crippen molar-refractivity contribution >= 4 is 34.0 Å². The highest BCUT2D eigenvalue weighted by Gasteiger charge is 2.24. The number of carbonyl (C=O) groups is 2. The molecule has 1 aliphatic rings. The van der Waals surface area contributed by atoms with Crippen LogP contribution in [0.15, 0.2) is 18.2 Å². The molecule has 0 radical (unpaired) electrons. The van der Waals surface area contributed by atoms with Gasteiger partial charge in [0.2, 0.25) is 5.91 Å². The first-order valence-corrected chi connectivity index (χ1v) is 9.04. The van der Waals surface area contributed by atoms with Crippen LogP contribution in [0.1, 0.15) is 32.1 Å². The first kappa shape index (κ1) is 17.4. The van der Waals surface area contributed by atoms with Gasteiger partial charge in [0.05, 0.1) is 11.4 Å². The Morgan fingerprint density at radius 3 is 2.92 bits per heavy atom. The first-order chi connectivity index (χ1) is 11.8. The Kier molecular flexibility index (Phi) is 4.76. The molecule has 132 valence electrons. The summed E-state index contributed by atoms with van der Waals surface area (Å²) in [7, 11) is 0. The number of ether oxygens (including phenoxy) is 1. The van der Waals surface area contributed by atoms with E-state index in [9.17, 15) is 9.59 Å². The summed E-state index contributed by atoms with van der Waals surface area (Å²) in [5, 5.41) is 6.28. The molecular formula is C18H21N3O3S. The van der Waals surface area contributed by atoms with Crippen molar-refractivity contribution < 1.29 is 14.3 Å². The van der Waals surface area contributed by atoms with E-state index in [1.165, 1.54) is 11.3 Å². The molecule has 2 amide bonds. The van der Waals surface area contributed by atoms with Gasteiger partial charge in [-0.25, -0.2) is 4.98 Å². The highest BCUT2D eigenvalue weighted by Crippen LogP contribution is 2.36. The van der Waals surface area contributed by atoms with E-state index in [1.807, 2.05) is 39.0 Å². The van der Waals surface area contributed by atoms with Gasteiger partial charge < -0.3 is 15.4 Å². The van der Waals surface area contributed by atoms with E-state index in [1.54, 1.807) is 6.92 Å². The number of aromatic nitrogens is 1. The van der Waals surface area contributed by atoms with Crippen molar-refractivity contribution in [1.82, 2.24) is 4.98 Å². The summed E-state index contributed by atoms with van der Waals surface area (Å²) in [5.74, 6) is 0.748. The fraction of sp³-hybridized carbons (Fsp3) is 0.389. The molecule has 2 N–H and O–H groups in total. The minimum atomic E-state index is -0.498. The maximum atomic E-state index is 11.9. The number of hydrogen-bond acceptors (Lipinski definition) is 5. The third kappa shape index (κ3) is 3.82. The molecular weight excluding hydrogens is 338 g/mol. The second-order valence-corrected chi connectivity index (χ2v) is 7.73. The van der Waals surface area contributed by atoms with Gasteiger partial charge in [0, 0.05) is 16.9 Å². The first-order valence-electron chi connectivity index (χ1n) is 8.22. The number of benzene rings is 1. The number of carbonyl (C=O) groups excluding carboxylic acids is 2. The van der Waals surface area contributed by atoms with Crippen molar-refractivity contribution in [2.75, 3.05) is 10.6 Å². The van der Waals surface area contributed by atoms with Crippen molar-refractivity contribution in [3.8, 4) is 17.0 Å². The zero-order valence-electron chi connectivity index (χ0n) is 14.7. The quantitative estimate of drug-likeness (QED) is 0.869. The molecule has 6 nitrogen and oxygen atoms in total. The van der Waals surface area contributed by atoms with Crippen LogP contribution in [-0.4, -0.2) is 22.9 Å². The van der Waals surface area contributed by atoms with Crippen molar-refractivity contribution in [3.63, 3.8) is 0 Å². The van der Waals surface area contributed by atoms with Gasteiger partial charge in [-0.15, -0.1) is 11.3 Å². The molecule has 0 spiro atoms. The Balaban J connectivity index is 1.84. The lowest BCUT2D eigenvalue weighted by Gasteiger charge is -2.23. The molecule has 1 aromatic heterocycles. The van der Waals surface area contributed by atoms with E-state index in [4.69, 9.17) is 4.74 Å². The molecule has 25 heavy (non-hydrogen) atoms. The van der Waals surface area contributed by atoms with Gasteiger partial charge in [-0.05, 0) is 38.0 Å². The highest BCUT2D eigenvalue weighted by molar-refractivity contribution is 7.16. The third-order valence-electron chi connectivity index (χ3n) is 3.82. The smallest absolute Gasteiger partial charge is 0.265 e. The monoisotopic (exact) mass is 359 g/mol. The SMILES string of the molecule is Cc1sc(NC(=O)CC(C)C)nc1-c1ccc2c(c1)NC(=O)C(C)O2. The predicted octanol–water partition coefficient (Wildman–Crippen LogP) is 3.82. The van der Waals surface area contributed by atoms with Gasteiger partial charge >= 0.3 is 0 Å². The summed E-state index contributed by atoms with van der Waals surface area (Å²) in [6.45, 7) is 7.68. The number of rotatable bonds is 4. The topological polar surface area (TPSA) is 80.3 Å². The molecule has 7 heteroatoms. The molecule has 1 aromatic carbocycles. The number of hydrogen-bond donors (Lipinski definition) is 2. The Morgan fingerprint density at radius 1 is 1.44 bits per heavy atom. The minimum absolute atomic E-state index is 0.0320. The lowest BCUT2D eigenvalue weighted by Crippen LogP contribution is -2.34. The van der Waals surface area contributed by atoms with Crippen LogP contribution in [0.5, 0.6) is 5.75 Å². The number of fused-ring (bicyclic) bond motifs is 1. The van der Waals surface area contributed by atoms with Crippen LogP contribution in [0.4, 0.5) is 10.8 Å². The van der Waals surface area contributed by atoms with Gasteiger partial charge in [-0.1, -0.05) is 13.8 Å². The van der Waals surface area contributed by atoms with Crippen LogP contribution in [0.3, 0.4) is 0 Å². The Morgan fingerprint density at radius 2 is 2.20 bits per heavy atom. The zero-order chi connectivity index (χ0) is 18.1. The molecule has 0 aliphatic carbocycles. The number of anilines is 2. The summed E-state index contributed by atoms with van der Waals surface area (Å²) >= 11 is 1.44. The third-order valence-corrected chi connectivity index (χ3v) is 4.71. The van der Waals surface area contributed by atoms with Crippen molar-refractivity contribution in [3.05, 3.63) is 23.1 Å². The predicted molar refractivity (Wildman–Crippen MR) is 99.1 cm³/mol. The average molecular weight is 359 g/mol. The van der Waals surface area contributed by atoms with Crippen LogP contribution >= 0.6 is 11.3 Å². The molecule has 0 saturated heterocycles. The van der Waals surface area contributed by atoms with Gasteiger partial charge in [-0.3, -0.25) is 9.59 Å². The van der Waals surface area contributed by atoms with E-state index >= 15 is 0 Å². The van der Waals surface area contributed by atoms with Crippen LogP contribution < -0.4 is 15.4 Å². The Bertz CT molecular complexity index is 829. The molecule has 2 heterocycles. The van der Waals surface area contributed by atoms with Crippen molar-refractivity contribution in [1.29, 1.82) is 0 Å². The largest absolute Gasteiger partial charge is 0.479 e. The van der Waals surface area contributed by atoms with Gasteiger partial charge in [0.15, 0.2) is 11.2 Å². The van der Waals surface area contributed by atoms with Crippen LogP contribution in [0.2, 0.25) is 0 Å². The van der Waals surface area contributed by atoms with E-state index in [2.05, 4.69) is 15.6 Å². The van der Waals surface area contributed by atoms with E-state index in [0.29, 0.717) is 28.9 Å². The zero-order valence-corrected chi connectivity index (χ0v) is 15.5. The number of nitrogens with one attached hydrogen (secondary N) is 2. The summed E-state index contributed by atoms with van der Waals surface area (Å²) in [4.78, 5) is 29.3. The molecule has 0 saturated carbocycles. The summed E-state index contributed by atoms with van der Waals surface area (Å²) in [6, 6.07) is 5.59. The summed E-state index contributed by atoms with van der Waals surface area (Å²) in [6.07, 6.45) is -0.0314. The average Bonchev–Trinajstić information content (AvgIpc) is 2.87. The number of aryl methyl sites for hydroxylation is 1. The van der Waals surface area contributed by atoms with E-state index in [0.717, 1.165) is 16.1 Å². The Labute approximate surface area is 150 Å². The molecule has 3 rings (SSSR count). The molecule has 1 atom stereocenters. The number of nitrogens with zero attached hydrogens (tertiary/aromatic N) is 1. The fourth-order valence-electron chi connectivity index (χ4n) is 2.61. The highest BCUT2D eigenvalue weighted by atomic mass is 32.1. The van der Waals surface area contributed by atoms with Crippen LogP contribution in [-0.2, 0) is 9.59 Å². The van der Waals surface area contributed by atoms with Crippen LogP contribution in [0, 0.1) is 12.8 Å². The van der Waals surface area contributed by atoms with Gasteiger partial charge in [0.1, 0.15) is 5.75 Å². The lowest BCUT2D eigenvalue weighted by molar-refractivity contribution is -0.122. The lowest BCUT2D eigenvalue weighted by atomic mass is 10.1. The Hall–Kier alpha value is -2.41. The fourth-order valence-corrected chi connectivity index (χ4v) is 3.47. The molecule has 0 fully saturated rings.